The molecule has 6 nitrogen and oxygen atoms in total. The molecule has 0 bridgehead atoms. The molecule has 0 radical (unpaired) electrons. The van der Waals surface area contributed by atoms with Crippen molar-refractivity contribution >= 4 is 11.6 Å². The second kappa shape index (κ2) is 5.85. The highest BCUT2D eigenvalue weighted by Gasteiger charge is 2.22. The number of piperidine rings is 1. The van der Waals surface area contributed by atoms with Gasteiger partial charge in [-0.3, -0.25) is 5.32 Å². The summed E-state index contributed by atoms with van der Waals surface area (Å²) >= 11 is 0. The normalized spacial score (nSPS) is 16.9. The van der Waals surface area contributed by atoms with E-state index in [1.54, 1.807) is 0 Å². The molecule has 0 unspecified atom stereocenters. The third kappa shape index (κ3) is 3.32. The van der Waals surface area contributed by atoms with Crippen molar-refractivity contribution in [2.45, 2.75) is 25.8 Å². The summed E-state index contributed by atoms with van der Waals surface area (Å²) < 4.78 is 0. The van der Waals surface area contributed by atoms with E-state index in [0.29, 0.717) is 17.7 Å². The Morgan fingerprint density at radius 2 is 2.11 bits per heavy atom. The van der Waals surface area contributed by atoms with E-state index >= 15 is 0 Å². The minimum absolute atomic E-state index is 0.500. The lowest BCUT2D eigenvalue weighted by Crippen LogP contribution is -2.42. The van der Waals surface area contributed by atoms with E-state index in [0.717, 1.165) is 31.7 Å². The maximum absolute atomic E-state index is 8.68. The monoisotopic (exact) mass is 260 g/mol. The number of anilines is 2. The van der Waals surface area contributed by atoms with Gasteiger partial charge in [0, 0.05) is 19.2 Å². The van der Waals surface area contributed by atoms with Crippen LogP contribution in [0.4, 0.5) is 11.6 Å². The Balaban J connectivity index is 2.14. The summed E-state index contributed by atoms with van der Waals surface area (Å²) in [6.07, 6.45) is 4.17. The van der Waals surface area contributed by atoms with Crippen molar-refractivity contribution in [3.05, 3.63) is 11.9 Å². The van der Waals surface area contributed by atoms with Gasteiger partial charge in [0.25, 0.3) is 0 Å². The van der Waals surface area contributed by atoms with Crippen molar-refractivity contribution in [1.82, 2.24) is 14.9 Å². The molecule has 1 N–H and O–H groups in total. The minimum Gasteiger partial charge on any atom is -0.356 e. The average molecular weight is 260 g/mol. The van der Waals surface area contributed by atoms with Gasteiger partial charge in [-0.2, -0.15) is 5.26 Å². The number of aryl methyl sites for hydroxylation is 1. The molecule has 1 saturated heterocycles. The van der Waals surface area contributed by atoms with E-state index in [1.165, 1.54) is 0 Å². The summed E-state index contributed by atoms with van der Waals surface area (Å²) in [6.45, 7) is 4.07. The summed E-state index contributed by atoms with van der Waals surface area (Å²) in [5.41, 5.74) is 0. The van der Waals surface area contributed by atoms with Crippen LogP contribution in [0.25, 0.3) is 0 Å². The quantitative estimate of drug-likeness (QED) is 0.651. The molecule has 19 heavy (non-hydrogen) atoms. The van der Waals surface area contributed by atoms with E-state index in [-0.39, 0.29) is 0 Å². The zero-order chi connectivity index (χ0) is 13.8. The van der Waals surface area contributed by atoms with Crippen LogP contribution in [0, 0.1) is 18.4 Å². The molecule has 1 fully saturated rings. The van der Waals surface area contributed by atoms with Crippen molar-refractivity contribution in [1.29, 1.82) is 5.26 Å². The summed E-state index contributed by atoms with van der Waals surface area (Å²) in [4.78, 5) is 13.2. The minimum atomic E-state index is 0.500. The molecule has 0 aliphatic carbocycles. The van der Waals surface area contributed by atoms with Gasteiger partial charge in [-0.15, -0.1) is 0 Å². The maximum atomic E-state index is 8.68. The highest BCUT2D eigenvalue weighted by molar-refractivity contribution is 5.51. The highest BCUT2D eigenvalue weighted by Crippen LogP contribution is 2.21. The van der Waals surface area contributed by atoms with E-state index in [9.17, 15) is 0 Å². The lowest BCUT2D eigenvalue weighted by atomic mass is 10.0. The Morgan fingerprint density at radius 3 is 2.74 bits per heavy atom. The van der Waals surface area contributed by atoms with E-state index < -0.39 is 0 Å². The first kappa shape index (κ1) is 13.6. The first-order chi connectivity index (χ1) is 9.10. The molecule has 0 saturated carbocycles. The van der Waals surface area contributed by atoms with Gasteiger partial charge in [0.2, 0.25) is 0 Å². The molecule has 0 atom stereocenters. The number of aromatic nitrogens is 2. The molecule has 102 valence electrons. The van der Waals surface area contributed by atoms with E-state index in [1.807, 2.05) is 19.2 Å². The first-order valence-corrected chi connectivity index (χ1v) is 6.52. The van der Waals surface area contributed by atoms with Crippen LogP contribution in [-0.2, 0) is 0 Å². The van der Waals surface area contributed by atoms with Crippen LogP contribution >= 0.6 is 0 Å². The summed E-state index contributed by atoms with van der Waals surface area (Å²) in [5.74, 6) is 2.11. The Labute approximate surface area is 114 Å². The second-order valence-electron chi connectivity index (χ2n) is 5.04. The third-order valence-corrected chi connectivity index (χ3v) is 3.61. The molecule has 0 spiro atoms. The lowest BCUT2D eigenvalue weighted by molar-refractivity contribution is 0.252. The van der Waals surface area contributed by atoms with Crippen molar-refractivity contribution < 1.29 is 0 Å². The van der Waals surface area contributed by atoms with Crippen molar-refractivity contribution in [2.24, 2.45) is 0 Å². The Morgan fingerprint density at radius 1 is 1.42 bits per heavy atom. The predicted molar refractivity (Wildman–Crippen MR) is 74.9 cm³/mol. The molecule has 0 aromatic carbocycles. The average Bonchev–Trinajstić information content (AvgIpc) is 2.38. The second-order valence-corrected chi connectivity index (χ2v) is 5.04. The molecular formula is C13H20N6. The van der Waals surface area contributed by atoms with Crippen LogP contribution in [0.2, 0.25) is 0 Å². The third-order valence-electron chi connectivity index (χ3n) is 3.61. The van der Waals surface area contributed by atoms with E-state index in [4.69, 9.17) is 5.26 Å². The van der Waals surface area contributed by atoms with Gasteiger partial charge in [-0.25, -0.2) is 9.97 Å². The van der Waals surface area contributed by atoms with Gasteiger partial charge in [-0.1, -0.05) is 0 Å². The molecule has 1 aromatic rings. The lowest BCUT2D eigenvalue weighted by Gasteiger charge is -2.35. The molecule has 1 aliphatic heterocycles. The number of likely N-dealkylation sites (tertiary alicyclic amines) is 1. The number of hydrogen-bond acceptors (Lipinski definition) is 6. The first-order valence-electron chi connectivity index (χ1n) is 6.52. The van der Waals surface area contributed by atoms with Crippen LogP contribution in [0.5, 0.6) is 0 Å². The standard InChI is InChI=1S/C13H20N6/c1-10-16-12(15-9-14)8-13(17-10)19(3)11-4-6-18(2)7-5-11/h8,11H,4-7H2,1-3H3,(H,15,16,17). The molecular weight excluding hydrogens is 240 g/mol. The smallest absolute Gasteiger partial charge is 0.182 e. The predicted octanol–water partition coefficient (Wildman–Crippen LogP) is 1.21. The maximum Gasteiger partial charge on any atom is 0.182 e. The largest absolute Gasteiger partial charge is 0.356 e. The molecule has 6 heteroatoms. The molecule has 2 heterocycles. The number of rotatable bonds is 3. The fourth-order valence-electron chi connectivity index (χ4n) is 2.42. The molecule has 0 amide bonds. The Kier molecular flexibility index (Phi) is 4.17. The van der Waals surface area contributed by atoms with Gasteiger partial charge >= 0.3 is 0 Å². The van der Waals surface area contributed by atoms with Crippen LogP contribution in [-0.4, -0.2) is 48.1 Å². The summed E-state index contributed by atoms with van der Waals surface area (Å²) in [6, 6.07) is 2.33. The molecule has 1 aliphatic rings. The summed E-state index contributed by atoms with van der Waals surface area (Å²) in [7, 11) is 4.22. The van der Waals surface area contributed by atoms with Gasteiger partial charge < -0.3 is 9.80 Å². The van der Waals surface area contributed by atoms with Crippen molar-refractivity contribution in [2.75, 3.05) is 37.4 Å². The zero-order valence-corrected chi connectivity index (χ0v) is 11.7. The Bertz CT molecular complexity index is 473. The fourth-order valence-corrected chi connectivity index (χ4v) is 2.42. The van der Waals surface area contributed by atoms with Gasteiger partial charge in [-0.05, 0) is 39.9 Å². The number of hydrogen-bond donors (Lipinski definition) is 1. The van der Waals surface area contributed by atoms with Gasteiger partial charge in [0.05, 0.1) is 0 Å². The summed E-state index contributed by atoms with van der Waals surface area (Å²) in [5, 5.41) is 11.3. The van der Waals surface area contributed by atoms with Gasteiger partial charge in [0.1, 0.15) is 17.5 Å². The fraction of sp³-hybridized carbons (Fsp3) is 0.615. The number of nitriles is 1. The zero-order valence-electron chi connectivity index (χ0n) is 11.7. The SMILES string of the molecule is Cc1nc(NC#N)cc(N(C)C2CCN(C)CC2)n1. The highest BCUT2D eigenvalue weighted by atomic mass is 15.2. The van der Waals surface area contributed by atoms with Crippen molar-refractivity contribution in [3.8, 4) is 6.19 Å². The van der Waals surface area contributed by atoms with Crippen molar-refractivity contribution in [3.63, 3.8) is 0 Å². The van der Waals surface area contributed by atoms with Gasteiger partial charge in [0.15, 0.2) is 6.19 Å². The topological polar surface area (TPSA) is 68.1 Å². The molecule has 1 aromatic heterocycles. The van der Waals surface area contributed by atoms with E-state index in [2.05, 4.69) is 39.2 Å². The number of nitrogens with one attached hydrogen (secondary N) is 1. The number of nitrogens with zero attached hydrogens (tertiary/aromatic N) is 5. The van der Waals surface area contributed by atoms with Crippen LogP contribution in [0.1, 0.15) is 18.7 Å². The molecule has 2 rings (SSSR count). The van der Waals surface area contributed by atoms with Crippen LogP contribution in [0.3, 0.4) is 0 Å². The van der Waals surface area contributed by atoms with Crippen LogP contribution < -0.4 is 10.2 Å². The van der Waals surface area contributed by atoms with Crippen LogP contribution in [0.15, 0.2) is 6.07 Å². The Hall–Kier alpha value is -1.87.